The van der Waals surface area contributed by atoms with Gasteiger partial charge in [-0.3, -0.25) is 0 Å². The van der Waals surface area contributed by atoms with Crippen LogP contribution in [0.1, 0.15) is 27.7 Å². The molecule has 0 aliphatic heterocycles. The standard InChI is InChI=1S/C18H20N4O2/c1-11(2)23-14-7-5-6-13(10-14)15-8-9-16(21-19)18(17(15)22-20)24-12(3)4/h5-12H,1-4H3/q+2. The molecule has 0 aliphatic rings. The number of hydrogen-bond donors (Lipinski definition) is 0. The number of diazo groups is 2. The van der Waals surface area contributed by atoms with Gasteiger partial charge >= 0.3 is 17.1 Å². The Labute approximate surface area is 141 Å². The fourth-order valence-electron chi connectivity index (χ4n) is 2.33. The van der Waals surface area contributed by atoms with E-state index in [9.17, 15) is 5.39 Å². The second-order valence-corrected chi connectivity index (χ2v) is 5.87. The predicted octanol–water partition coefficient (Wildman–Crippen LogP) is 5.90. The van der Waals surface area contributed by atoms with Gasteiger partial charge in [-0.1, -0.05) is 12.1 Å². The highest BCUT2D eigenvalue weighted by atomic mass is 16.5. The van der Waals surface area contributed by atoms with Gasteiger partial charge in [0.2, 0.25) is 10.8 Å². The van der Waals surface area contributed by atoms with Crippen molar-refractivity contribution in [3.05, 3.63) is 46.4 Å². The molecular weight excluding hydrogens is 304 g/mol. The van der Waals surface area contributed by atoms with Crippen molar-refractivity contribution in [1.82, 2.24) is 0 Å². The van der Waals surface area contributed by atoms with Crippen LogP contribution in [0.4, 0.5) is 11.4 Å². The van der Waals surface area contributed by atoms with Crippen LogP contribution in [0.25, 0.3) is 21.1 Å². The van der Waals surface area contributed by atoms with Crippen LogP contribution in [-0.4, -0.2) is 12.2 Å². The molecule has 0 aliphatic carbocycles. The molecule has 0 unspecified atom stereocenters. The van der Waals surface area contributed by atoms with Gasteiger partial charge in [-0.05, 0) is 51.5 Å². The van der Waals surface area contributed by atoms with Gasteiger partial charge in [-0.15, -0.1) is 0 Å². The van der Waals surface area contributed by atoms with Crippen LogP contribution in [0.15, 0.2) is 36.4 Å². The molecule has 0 bridgehead atoms. The topological polar surface area (TPSA) is 74.8 Å². The maximum atomic E-state index is 9.50. The Morgan fingerprint density at radius 3 is 2.17 bits per heavy atom. The van der Waals surface area contributed by atoms with Crippen LogP contribution in [0.3, 0.4) is 0 Å². The lowest BCUT2D eigenvalue weighted by Crippen LogP contribution is -2.06. The first-order valence-corrected chi connectivity index (χ1v) is 7.77. The van der Waals surface area contributed by atoms with E-state index in [-0.39, 0.29) is 29.3 Å². The van der Waals surface area contributed by atoms with Crippen molar-refractivity contribution in [2.75, 3.05) is 0 Å². The molecule has 6 nitrogen and oxygen atoms in total. The molecule has 6 heteroatoms. The molecule has 0 amide bonds. The monoisotopic (exact) mass is 324 g/mol. The molecule has 0 spiro atoms. The summed E-state index contributed by atoms with van der Waals surface area (Å²) in [6, 6.07) is 10.8. The van der Waals surface area contributed by atoms with Crippen molar-refractivity contribution < 1.29 is 9.47 Å². The summed E-state index contributed by atoms with van der Waals surface area (Å²) < 4.78 is 11.4. The quantitative estimate of drug-likeness (QED) is 0.642. The lowest BCUT2D eigenvalue weighted by atomic mass is 10.0. The second kappa shape index (κ2) is 7.43. The summed E-state index contributed by atoms with van der Waals surface area (Å²) in [6.45, 7) is 7.58. The zero-order chi connectivity index (χ0) is 17.7. The van der Waals surface area contributed by atoms with Gasteiger partial charge in [0, 0.05) is 6.07 Å². The normalized spacial score (nSPS) is 10.3. The Bertz CT molecular complexity index is 817. The molecular formula is C18H20N4O2+2. The Morgan fingerprint density at radius 2 is 1.58 bits per heavy atom. The highest BCUT2D eigenvalue weighted by molar-refractivity contribution is 5.88. The van der Waals surface area contributed by atoms with Gasteiger partial charge in [-0.25, -0.2) is 0 Å². The van der Waals surface area contributed by atoms with Gasteiger partial charge in [0.25, 0.3) is 0 Å². The Hall–Kier alpha value is -3.12. The van der Waals surface area contributed by atoms with Crippen LogP contribution < -0.4 is 9.47 Å². The average Bonchev–Trinajstić information content (AvgIpc) is 2.53. The molecule has 0 radical (unpaired) electrons. The van der Waals surface area contributed by atoms with Gasteiger partial charge in [0.05, 0.1) is 17.8 Å². The van der Waals surface area contributed by atoms with E-state index in [1.807, 2.05) is 52.0 Å². The van der Waals surface area contributed by atoms with Crippen molar-refractivity contribution in [2.24, 2.45) is 0 Å². The third-order valence-corrected chi connectivity index (χ3v) is 3.19. The van der Waals surface area contributed by atoms with Crippen molar-refractivity contribution >= 4 is 11.4 Å². The van der Waals surface area contributed by atoms with Gasteiger partial charge in [0.15, 0.2) is 9.95 Å². The molecule has 0 saturated carbocycles. The van der Waals surface area contributed by atoms with Crippen LogP contribution in [0.2, 0.25) is 0 Å². The largest absolute Gasteiger partial charge is 0.491 e. The molecule has 2 rings (SSSR count). The predicted molar refractivity (Wildman–Crippen MR) is 92.9 cm³/mol. The fraction of sp³-hybridized carbons (Fsp3) is 0.333. The van der Waals surface area contributed by atoms with Gasteiger partial charge in [-0.2, -0.15) is 0 Å². The molecule has 2 aromatic rings. The van der Waals surface area contributed by atoms with E-state index in [0.717, 1.165) is 5.56 Å². The number of rotatable bonds is 5. The minimum atomic E-state index is -0.170. The smallest absolute Gasteiger partial charge is 0.442 e. The first kappa shape index (κ1) is 17.2. The van der Waals surface area contributed by atoms with E-state index in [1.165, 1.54) is 0 Å². The molecule has 0 fully saturated rings. The lowest BCUT2D eigenvalue weighted by Gasteiger charge is -2.11. The van der Waals surface area contributed by atoms with Crippen molar-refractivity contribution in [3.8, 4) is 22.6 Å². The zero-order valence-corrected chi connectivity index (χ0v) is 14.2. The summed E-state index contributed by atoms with van der Waals surface area (Å²) in [5.74, 6) is 0.941. The first-order chi connectivity index (χ1) is 11.5. The third-order valence-electron chi connectivity index (χ3n) is 3.19. The van der Waals surface area contributed by atoms with E-state index < -0.39 is 0 Å². The van der Waals surface area contributed by atoms with Crippen LogP contribution in [0, 0.1) is 10.8 Å². The summed E-state index contributed by atoms with van der Waals surface area (Å²) in [5.41, 5.74) is 1.87. The summed E-state index contributed by atoms with van der Waals surface area (Å²) in [6.07, 6.45) is -0.116. The van der Waals surface area contributed by atoms with E-state index in [1.54, 1.807) is 12.1 Å². The molecule has 0 atom stereocenters. The summed E-state index contributed by atoms with van der Waals surface area (Å²) in [7, 11) is 0. The number of nitrogens with zero attached hydrogens (tertiary/aromatic N) is 4. The number of benzene rings is 2. The van der Waals surface area contributed by atoms with Gasteiger partial charge < -0.3 is 9.47 Å². The molecule has 122 valence electrons. The number of ether oxygens (including phenoxy) is 2. The van der Waals surface area contributed by atoms with Crippen LogP contribution in [0.5, 0.6) is 11.5 Å². The first-order valence-electron chi connectivity index (χ1n) is 7.77. The van der Waals surface area contributed by atoms with Crippen LogP contribution in [-0.2, 0) is 0 Å². The molecule has 0 aromatic heterocycles. The summed E-state index contributed by atoms with van der Waals surface area (Å²) in [5, 5.41) is 18.7. The fourth-order valence-corrected chi connectivity index (χ4v) is 2.33. The average molecular weight is 324 g/mol. The van der Waals surface area contributed by atoms with E-state index in [0.29, 0.717) is 11.3 Å². The lowest BCUT2D eigenvalue weighted by molar-refractivity contribution is 0.242. The Morgan fingerprint density at radius 1 is 0.875 bits per heavy atom. The zero-order valence-electron chi connectivity index (χ0n) is 14.2. The summed E-state index contributed by atoms with van der Waals surface area (Å²) >= 11 is 0. The minimum Gasteiger partial charge on any atom is -0.491 e. The second-order valence-electron chi connectivity index (χ2n) is 5.87. The Kier molecular flexibility index (Phi) is 5.34. The van der Waals surface area contributed by atoms with Crippen molar-refractivity contribution in [3.63, 3.8) is 0 Å². The highest BCUT2D eigenvalue weighted by Gasteiger charge is 2.33. The van der Waals surface area contributed by atoms with Gasteiger partial charge in [0.1, 0.15) is 5.75 Å². The molecule has 2 aromatic carbocycles. The van der Waals surface area contributed by atoms with E-state index >= 15 is 0 Å². The highest BCUT2D eigenvalue weighted by Crippen LogP contribution is 2.45. The SMILES string of the molecule is CC(C)Oc1cccc(-c2ccc([N+]#N)c(OC(C)C)c2[N+]#N)c1. The minimum absolute atomic E-state index is 0.0534. The van der Waals surface area contributed by atoms with Crippen LogP contribution >= 0.6 is 0 Å². The van der Waals surface area contributed by atoms with Crippen molar-refractivity contribution in [1.29, 1.82) is 10.8 Å². The Balaban J connectivity index is 2.59. The molecule has 0 N–H and O–H groups in total. The maximum absolute atomic E-state index is 9.50. The number of hydrogen-bond acceptors (Lipinski definition) is 4. The molecule has 24 heavy (non-hydrogen) atoms. The maximum Gasteiger partial charge on any atom is 0.442 e. The van der Waals surface area contributed by atoms with Crippen molar-refractivity contribution in [2.45, 2.75) is 39.9 Å². The van der Waals surface area contributed by atoms with E-state index in [2.05, 4.69) is 9.95 Å². The van der Waals surface area contributed by atoms with E-state index in [4.69, 9.17) is 14.9 Å². The summed E-state index contributed by atoms with van der Waals surface area (Å²) in [4.78, 5) is 6.57. The molecule has 0 saturated heterocycles. The molecule has 0 heterocycles. The third kappa shape index (κ3) is 3.80.